The van der Waals surface area contributed by atoms with Gasteiger partial charge in [0.1, 0.15) is 12.6 Å². The molecule has 9 heteroatoms. The molecule has 0 unspecified atom stereocenters. The number of unbranched alkanes of at least 4 members (excludes halogenated alkanes) is 1. The van der Waals surface area contributed by atoms with E-state index in [0.717, 1.165) is 16.3 Å². The van der Waals surface area contributed by atoms with Gasteiger partial charge in [0, 0.05) is 5.33 Å². The third-order valence-electron chi connectivity index (χ3n) is 4.33. The predicted molar refractivity (Wildman–Crippen MR) is 119 cm³/mol. The van der Waals surface area contributed by atoms with E-state index in [1.807, 2.05) is 20.8 Å². The summed E-state index contributed by atoms with van der Waals surface area (Å²) in [6.45, 7) is 7.13. The SMILES string of the molecule is CCCCOC(=O)CN([C@@H](CC(C)C)C(=O)OCC)S(=O)(=O)c1ccc(CBr)cc1. The number of carbonyl (C=O) groups is 2. The van der Waals surface area contributed by atoms with Gasteiger partial charge in [0.2, 0.25) is 10.0 Å². The van der Waals surface area contributed by atoms with Gasteiger partial charge in [-0.25, -0.2) is 8.42 Å². The van der Waals surface area contributed by atoms with E-state index in [2.05, 4.69) is 15.9 Å². The average Bonchev–Trinajstić information content (AvgIpc) is 2.70. The first-order chi connectivity index (χ1) is 14.2. The predicted octanol–water partition coefficient (Wildman–Crippen LogP) is 3.89. The topological polar surface area (TPSA) is 90.0 Å². The maximum atomic E-state index is 13.4. The molecule has 1 aromatic rings. The van der Waals surface area contributed by atoms with Crippen LogP contribution in [0, 0.1) is 5.92 Å². The monoisotopic (exact) mass is 505 g/mol. The first kappa shape index (κ1) is 26.6. The van der Waals surface area contributed by atoms with Crippen molar-refractivity contribution in [1.29, 1.82) is 0 Å². The van der Waals surface area contributed by atoms with Crippen LogP contribution in [-0.4, -0.2) is 50.5 Å². The zero-order valence-electron chi connectivity index (χ0n) is 18.1. The van der Waals surface area contributed by atoms with Gasteiger partial charge in [-0.3, -0.25) is 9.59 Å². The van der Waals surface area contributed by atoms with Crippen LogP contribution < -0.4 is 0 Å². The summed E-state index contributed by atoms with van der Waals surface area (Å²) in [7, 11) is -4.14. The van der Waals surface area contributed by atoms with Gasteiger partial charge < -0.3 is 9.47 Å². The van der Waals surface area contributed by atoms with E-state index in [0.29, 0.717) is 11.8 Å². The molecule has 0 saturated carbocycles. The van der Waals surface area contributed by atoms with Crippen LogP contribution in [0.2, 0.25) is 0 Å². The van der Waals surface area contributed by atoms with Crippen molar-refractivity contribution in [2.24, 2.45) is 5.92 Å². The Kier molecular flexibility index (Phi) is 11.6. The van der Waals surface area contributed by atoms with Gasteiger partial charge in [-0.1, -0.05) is 55.3 Å². The number of ether oxygens (including phenoxy) is 2. The molecule has 7 nitrogen and oxygen atoms in total. The maximum absolute atomic E-state index is 13.4. The Morgan fingerprint density at radius 3 is 2.23 bits per heavy atom. The highest BCUT2D eigenvalue weighted by Gasteiger charge is 2.39. The van der Waals surface area contributed by atoms with Crippen molar-refractivity contribution in [1.82, 2.24) is 4.31 Å². The van der Waals surface area contributed by atoms with Crippen molar-refractivity contribution in [3.8, 4) is 0 Å². The number of benzene rings is 1. The van der Waals surface area contributed by atoms with Crippen LogP contribution in [0.15, 0.2) is 29.2 Å². The molecular weight excluding hydrogens is 474 g/mol. The van der Waals surface area contributed by atoms with Gasteiger partial charge >= 0.3 is 11.9 Å². The molecule has 1 rings (SSSR count). The molecule has 0 radical (unpaired) electrons. The molecule has 170 valence electrons. The molecule has 0 aliphatic heterocycles. The van der Waals surface area contributed by atoms with Crippen molar-refractivity contribution < 1.29 is 27.5 Å². The largest absolute Gasteiger partial charge is 0.465 e. The van der Waals surface area contributed by atoms with Crippen LogP contribution in [0.1, 0.15) is 52.5 Å². The molecule has 0 bridgehead atoms. The van der Waals surface area contributed by atoms with Gasteiger partial charge in [-0.15, -0.1) is 0 Å². The van der Waals surface area contributed by atoms with E-state index in [4.69, 9.17) is 9.47 Å². The number of halogens is 1. The minimum atomic E-state index is -4.14. The number of carbonyl (C=O) groups excluding carboxylic acids is 2. The number of hydrogen-bond donors (Lipinski definition) is 0. The highest BCUT2D eigenvalue weighted by molar-refractivity contribution is 9.08. The maximum Gasteiger partial charge on any atom is 0.324 e. The van der Waals surface area contributed by atoms with E-state index < -0.39 is 34.5 Å². The Bertz CT molecular complexity index is 779. The summed E-state index contributed by atoms with van der Waals surface area (Å²) in [5.74, 6) is -1.36. The highest BCUT2D eigenvalue weighted by Crippen LogP contribution is 2.24. The first-order valence-corrected chi connectivity index (χ1v) is 12.7. The van der Waals surface area contributed by atoms with Gasteiger partial charge in [-0.05, 0) is 43.4 Å². The minimum absolute atomic E-state index is 0.00370. The zero-order chi connectivity index (χ0) is 22.7. The second-order valence-electron chi connectivity index (χ2n) is 7.30. The summed E-state index contributed by atoms with van der Waals surface area (Å²) in [6, 6.07) is 5.19. The van der Waals surface area contributed by atoms with Crippen molar-refractivity contribution >= 4 is 37.9 Å². The van der Waals surface area contributed by atoms with E-state index in [-0.39, 0.29) is 30.4 Å². The lowest BCUT2D eigenvalue weighted by molar-refractivity contribution is -0.150. The lowest BCUT2D eigenvalue weighted by atomic mass is 10.0. The average molecular weight is 506 g/mol. The van der Waals surface area contributed by atoms with Crippen molar-refractivity contribution in [2.75, 3.05) is 19.8 Å². The molecule has 0 aliphatic rings. The molecule has 0 amide bonds. The number of nitrogens with zero attached hydrogens (tertiary/aromatic N) is 1. The van der Waals surface area contributed by atoms with Gasteiger partial charge in [0.25, 0.3) is 0 Å². The third-order valence-corrected chi connectivity index (χ3v) is 6.85. The fraction of sp³-hybridized carbons (Fsp3) is 0.619. The van der Waals surface area contributed by atoms with E-state index >= 15 is 0 Å². The highest BCUT2D eigenvalue weighted by atomic mass is 79.9. The number of rotatable bonds is 13. The van der Waals surface area contributed by atoms with Crippen LogP contribution in [0.3, 0.4) is 0 Å². The Balaban J connectivity index is 3.33. The van der Waals surface area contributed by atoms with Crippen LogP contribution in [0.5, 0.6) is 0 Å². The second kappa shape index (κ2) is 13.1. The van der Waals surface area contributed by atoms with Crippen LogP contribution in [-0.2, 0) is 34.4 Å². The van der Waals surface area contributed by atoms with Gasteiger partial charge in [-0.2, -0.15) is 4.31 Å². The van der Waals surface area contributed by atoms with Gasteiger partial charge in [0.05, 0.1) is 18.1 Å². The molecule has 0 aliphatic carbocycles. The quantitative estimate of drug-likeness (QED) is 0.229. The molecule has 1 aromatic carbocycles. The molecule has 0 heterocycles. The molecule has 0 fully saturated rings. The van der Waals surface area contributed by atoms with Crippen LogP contribution >= 0.6 is 15.9 Å². The van der Waals surface area contributed by atoms with Crippen molar-refractivity contribution in [3.05, 3.63) is 29.8 Å². The summed E-state index contributed by atoms with van der Waals surface area (Å²) in [5.41, 5.74) is 0.906. The van der Waals surface area contributed by atoms with Crippen LogP contribution in [0.4, 0.5) is 0 Å². The smallest absolute Gasteiger partial charge is 0.324 e. The second-order valence-corrected chi connectivity index (χ2v) is 9.75. The first-order valence-electron chi connectivity index (χ1n) is 10.2. The lowest BCUT2D eigenvalue weighted by Gasteiger charge is -2.29. The summed E-state index contributed by atoms with van der Waals surface area (Å²) < 4.78 is 38.1. The van der Waals surface area contributed by atoms with E-state index in [1.165, 1.54) is 12.1 Å². The number of esters is 2. The Morgan fingerprint density at radius 1 is 1.10 bits per heavy atom. The lowest BCUT2D eigenvalue weighted by Crippen LogP contribution is -2.49. The molecule has 0 aromatic heterocycles. The van der Waals surface area contributed by atoms with Crippen LogP contribution in [0.25, 0.3) is 0 Å². The summed E-state index contributed by atoms with van der Waals surface area (Å²) >= 11 is 3.33. The Labute approximate surface area is 188 Å². The number of alkyl halides is 1. The zero-order valence-corrected chi connectivity index (χ0v) is 20.5. The Hall–Kier alpha value is -1.45. The van der Waals surface area contributed by atoms with E-state index in [9.17, 15) is 18.0 Å². The molecular formula is C21H32BrNO6S. The molecule has 0 saturated heterocycles. The molecule has 30 heavy (non-hydrogen) atoms. The van der Waals surface area contributed by atoms with Crippen molar-refractivity contribution in [2.45, 2.75) is 63.2 Å². The molecule has 0 spiro atoms. The normalized spacial score (nSPS) is 12.8. The fourth-order valence-corrected chi connectivity index (χ4v) is 4.68. The Morgan fingerprint density at radius 2 is 1.73 bits per heavy atom. The van der Waals surface area contributed by atoms with E-state index in [1.54, 1.807) is 19.1 Å². The minimum Gasteiger partial charge on any atom is -0.465 e. The molecule has 1 atom stereocenters. The molecule has 0 N–H and O–H groups in total. The number of sulfonamides is 1. The van der Waals surface area contributed by atoms with Crippen molar-refractivity contribution in [3.63, 3.8) is 0 Å². The summed E-state index contributed by atoms with van der Waals surface area (Å²) in [4.78, 5) is 25.1. The van der Waals surface area contributed by atoms with Gasteiger partial charge in [0.15, 0.2) is 0 Å². The number of hydrogen-bond acceptors (Lipinski definition) is 6. The standard InChI is InChI=1S/C21H32BrNO6S/c1-5-7-12-29-20(24)15-23(19(13-16(3)4)21(25)28-6-2)30(26,27)18-10-8-17(14-22)9-11-18/h8-11,16,19H,5-7,12-15H2,1-4H3/t19-/m0/s1. The third kappa shape index (κ3) is 8.00. The summed E-state index contributed by atoms with van der Waals surface area (Å²) in [5, 5.41) is 0.583. The fourth-order valence-electron chi connectivity index (χ4n) is 2.77. The summed E-state index contributed by atoms with van der Waals surface area (Å²) in [6.07, 6.45) is 1.74.